The van der Waals surface area contributed by atoms with Crippen LogP contribution in [-0.2, 0) is 4.79 Å². The highest BCUT2D eigenvalue weighted by atomic mass is 16.4. The quantitative estimate of drug-likeness (QED) is 0.832. The fourth-order valence-electron chi connectivity index (χ4n) is 2.49. The van der Waals surface area contributed by atoms with Crippen molar-refractivity contribution >= 4 is 17.7 Å². The smallest absolute Gasteiger partial charge is 0.328 e. The van der Waals surface area contributed by atoms with Crippen LogP contribution in [0, 0.1) is 5.92 Å². The van der Waals surface area contributed by atoms with E-state index in [1.54, 1.807) is 6.08 Å². The van der Waals surface area contributed by atoms with E-state index < -0.39 is 5.97 Å². The lowest BCUT2D eigenvalue weighted by Gasteiger charge is -2.33. The van der Waals surface area contributed by atoms with Gasteiger partial charge in [0.15, 0.2) is 0 Å². The Morgan fingerprint density at radius 3 is 2.94 bits per heavy atom. The van der Waals surface area contributed by atoms with Crippen LogP contribution >= 0.6 is 0 Å². The number of para-hydroxylation sites is 1. The average Bonchev–Trinajstić information content (AvgIpc) is 2.36. The van der Waals surface area contributed by atoms with Gasteiger partial charge in [-0.1, -0.05) is 25.1 Å². The van der Waals surface area contributed by atoms with Crippen LogP contribution < -0.4 is 4.90 Å². The molecule has 1 aliphatic rings. The Morgan fingerprint density at radius 1 is 1.44 bits per heavy atom. The van der Waals surface area contributed by atoms with Crippen molar-refractivity contribution in [3.63, 3.8) is 0 Å². The predicted octanol–water partition coefficient (Wildman–Crippen LogP) is 3.02. The highest BCUT2D eigenvalue weighted by molar-refractivity contribution is 5.87. The van der Waals surface area contributed by atoms with Gasteiger partial charge in [0, 0.05) is 24.9 Å². The molecule has 18 heavy (non-hydrogen) atoms. The number of hydrogen-bond acceptors (Lipinski definition) is 2. The van der Waals surface area contributed by atoms with Crippen LogP contribution in [0.4, 0.5) is 5.69 Å². The molecule has 96 valence electrons. The fraction of sp³-hybridized carbons (Fsp3) is 0.400. The van der Waals surface area contributed by atoms with E-state index in [1.165, 1.54) is 18.9 Å². The lowest BCUT2D eigenvalue weighted by molar-refractivity contribution is -0.131. The number of nitrogens with zero attached hydrogens (tertiary/aromatic N) is 1. The molecule has 0 saturated carbocycles. The van der Waals surface area contributed by atoms with Crippen LogP contribution in [-0.4, -0.2) is 24.2 Å². The zero-order valence-electron chi connectivity index (χ0n) is 10.7. The molecular formula is C15H19NO2. The Labute approximate surface area is 108 Å². The van der Waals surface area contributed by atoms with E-state index in [9.17, 15) is 4.79 Å². The van der Waals surface area contributed by atoms with Crippen molar-refractivity contribution in [2.75, 3.05) is 18.0 Å². The lowest BCUT2D eigenvalue weighted by atomic mass is 9.99. The van der Waals surface area contributed by atoms with Crippen molar-refractivity contribution in [3.05, 3.63) is 35.9 Å². The van der Waals surface area contributed by atoms with Gasteiger partial charge in [-0.25, -0.2) is 4.79 Å². The second kappa shape index (κ2) is 5.71. The zero-order valence-corrected chi connectivity index (χ0v) is 10.7. The molecule has 3 nitrogen and oxygen atoms in total. The molecule has 0 amide bonds. The number of hydrogen-bond donors (Lipinski definition) is 1. The molecule has 1 unspecified atom stereocenters. The van der Waals surface area contributed by atoms with Crippen LogP contribution in [0.1, 0.15) is 25.3 Å². The first-order chi connectivity index (χ1) is 8.66. The number of benzene rings is 1. The summed E-state index contributed by atoms with van der Waals surface area (Å²) in [5.74, 6) is -0.202. The summed E-state index contributed by atoms with van der Waals surface area (Å²) in [6, 6.07) is 7.98. The standard InChI is InChI=1S/C15H19NO2/c1-12-5-4-10-16(11-12)14-7-3-2-6-13(14)8-9-15(17)18/h2-3,6-9,12H,4-5,10-11H2,1H3,(H,17,18)/b9-8+. The molecule has 1 aromatic rings. The third-order valence-electron chi connectivity index (χ3n) is 3.34. The van der Waals surface area contributed by atoms with E-state index in [0.717, 1.165) is 24.3 Å². The minimum atomic E-state index is -0.906. The van der Waals surface area contributed by atoms with Crippen molar-refractivity contribution < 1.29 is 9.90 Å². The van der Waals surface area contributed by atoms with Crippen molar-refractivity contribution in [1.29, 1.82) is 0 Å². The Balaban J connectivity index is 2.23. The first kappa shape index (κ1) is 12.7. The number of carbonyl (C=O) groups is 1. The van der Waals surface area contributed by atoms with Gasteiger partial charge in [0.1, 0.15) is 0 Å². The molecule has 0 radical (unpaired) electrons. The summed E-state index contributed by atoms with van der Waals surface area (Å²) in [5.41, 5.74) is 2.12. The summed E-state index contributed by atoms with van der Waals surface area (Å²) in [5, 5.41) is 8.72. The molecule has 1 aromatic carbocycles. The SMILES string of the molecule is CC1CCCN(c2ccccc2/C=C/C(=O)O)C1. The van der Waals surface area contributed by atoms with Gasteiger partial charge >= 0.3 is 5.97 Å². The number of aliphatic carboxylic acids is 1. The molecule has 1 aliphatic heterocycles. The van der Waals surface area contributed by atoms with E-state index in [0.29, 0.717) is 5.92 Å². The van der Waals surface area contributed by atoms with Crippen LogP contribution in [0.2, 0.25) is 0 Å². The second-order valence-corrected chi connectivity index (χ2v) is 4.92. The van der Waals surface area contributed by atoms with Gasteiger partial charge < -0.3 is 10.0 Å². The van der Waals surface area contributed by atoms with Gasteiger partial charge in [0.25, 0.3) is 0 Å². The summed E-state index contributed by atoms with van der Waals surface area (Å²) in [7, 11) is 0. The lowest BCUT2D eigenvalue weighted by Crippen LogP contribution is -2.34. The first-order valence-corrected chi connectivity index (χ1v) is 6.42. The number of carboxylic acid groups (broad SMARTS) is 1. The zero-order chi connectivity index (χ0) is 13.0. The fourth-order valence-corrected chi connectivity index (χ4v) is 2.49. The van der Waals surface area contributed by atoms with Gasteiger partial charge in [-0.2, -0.15) is 0 Å². The highest BCUT2D eigenvalue weighted by Gasteiger charge is 2.17. The Morgan fingerprint density at radius 2 is 2.22 bits per heavy atom. The molecule has 1 atom stereocenters. The molecule has 0 aromatic heterocycles. The van der Waals surface area contributed by atoms with Gasteiger partial charge in [-0.3, -0.25) is 0 Å². The van der Waals surface area contributed by atoms with Gasteiger partial charge in [0.2, 0.25) is 0 Å². The van der Waals surface area contributed by atoms with E-state index in [-0.39, 0.29) is 0 Å². The topological polar surface area (TPSA) is 40.5 Å². The number of carboxylic acids is 1. The highest BCUT2D eigenvalue weighted by Crippen LogP contribution is 2.26. The molecule has 1 heterocycles. The van der Waals surface area contributed by atoms with E-state index >= 15 is 0 Å². The summed E-state index contributed by atoms with van der Waals surface area (Å²) in [4.78, 5) is 13.0. The maximum absolute atomic E-state index is 10.6. The van der Waals surface area contributed by atoms with E-state index in [2.05, 4.69) is 17.9 Å². The van der Waals surface area contributed by atoms with Crippen molar-refractivity contribution in [1.82, 2.24) is 0 Å². The Hall–Kier alpha value is -1.77. The van der Waals surface area contributed by atoms with Gasteiger partial charge in [0.05, 0.1) is 0 Å². The molecule has 0 spiro atoms. The maximum atomic E-state index is 10.6. The van der Waals surface area contributed by atoms with Crippen molar-refractivity contribution in [3.8, 4) is 0 Å². The monoisotopic (exact) mass is 245 g/mol. The summed E-state index contributed by atoms with van der Waals surface area (Å²) >= 11 is 0. The van der Waals surface area contributed by atoms with Crippen molar-refractivity contribution in [2.45, 2.75) is 19.8 Å². The molecule has 3 heteroatoms. The minimum Gasteiger partial charge on any atom is -0.478 e. The maximum Gasteiger partial charge on any atom is 0.328 e. The number of anilines is 1. The molecule has 0 bridgehead atoms. The number of rotatable bonds is 3. The molecule has 2 rings (SSSR count). The third-order valence-corrected chi connectivity index (χ3v) is 3.34. The molecular weight excluding hydrogens is 226 g/mol. The average molecular weight is 245 g/mol. The van der Waals surface area contributed by atoms with E-state index in [4.69, 9.17) is 5.11 Å². The molecule has 1 saturated heterocycles. The van der Waals surface area contributed by atoms with Crippen LogP contribution in [0.3, 0.4) is 0 Å². The van der Waals surface area contributed by atoms with Crippen LogP contribution in [0.25, 0.3) is 6.08 Å². The summed E-state index contributed by atoms with van der Waals surface area (Å²) in [6.07, 6.45) is 5.37. The Kier molecular flexibility index (Phi) is 4.03. The summed E-state index contributed by atoms with van der Waals surface area (Å²) in [6.45, 7) is 4.38. The summed E-state index contributed by atoms with van der Waals surface area (Å²) < 4.78 is 0. The molecule has 1 N–H and O–H groups in total. The second-order valence-electron chi connectivity index (χ2n) is 4.92. The van der Waals surface area contributed by atoms with Crippen LogP contribution in [0.15, 0.2) is 30.3 Å². The van der Waals surface area contributed by atoms with Crippen molar-refractivity contribution in [2.24, 2.45) is 5.92 Å². The first-order valence-electron chi connectivity index (χ1n) is 6.42. The molecule has 0 aliphatic carbocycles. The molecule has 1 fully saturated rings. The predicted molar refractivity (Wildman–Crippen MR) is 73.7 cm³/mol. The van der Waals surface area contributed by atoms with Crippen LogP contribution in [0.5, 0.6) is 0 Å². The van der Waals surface area contributed by atoms with E-state index in [1.807, 2.05) is 18.2 Å². The van der Waals surface area contributed by atoms with Gasteiger partial charge in [-0.05, 0) is 36.5 Å². The van der Waals surface area contributed by atoms with Gasteiger partial charge in [-0.15, -0.1) is 0 Å². The largest absolute Gasteiger partial charge is 0.478 e. The Bertz CT molecular complexity index is 454. The minimum absolute atomic E-state index is 0.704. The normalized spacial score (nSPS) is 20.3. The third kappa shape index (κ3) is 3.13. The number of piperidine rings is 1.